The normalized spacial score (nSPS) is 11.8. The predicted molar refractivity (Wildman–Crippen MR) is 174 cm³/mol. The van der Waals surface area contributed by atoms with Gasteiger partial charge in [-0.1, -0.05) is 97.6 Å². The molecule has 0 amide bonds. The van der Waals surface area contributed by atoms with Crippen LogP contribution in [0.5, 0.6) is 0 Å². The summed E-state index contributed by atoms with van der Waals surface area (Å²) in [6.45, 7) is 3.95. The van der Waals surface area contributed by atoms with Crippen LogP contribution in [0.3, 0.4) is 0 Å². The van der Waals surface area contributed by atoms with Crippen LogP contribution in [0.25, 0.3) is 75.6 Å². The first-order valence-corrected chi connectivity index (χ1v) is 14.6. The summed E-state index contributed by atoms with van der Waals surface area (Å²) in [5.74, 6) is 0. The smallest absolute Gasteiger partial charge is 0.0635 e. The highest BCUT2D eigenvalue weighted by Crippen LogP contribution is 2.48. The van der Waals surface area contributed by atoms with Crippen LogP contribution >= 0.6 is 27.3 Å². The molecular weight excluding hydrogens is 558 g/mol. The molecule has 6 aromatic carbocycles. The zero-order valence-electron chi connectivity index (χ0n) is 21.0. The molecule has 3 heteroatoms. The number of fused-ring (bicyclic) bond motifs is 9. The van der Waals surface area contributed by atoms with E-state index in [0.29, 0.717) is 0 Å². The Balaban J connectivity index is 1.56. The average molecular weight is 581 g/mol. The molecule has 2 heterocycles. The predicted octanol–water partition coefficient (Wildman–Crippen LogP) is 11.4. The van der Waals surface area contributed by atoms with Gasteiger partial charge in [-0.3, -0.25) is 0 Å². The molecule has 0 radical (unpaired) electrons. The molecule has 1 nitrogen and oxygen atoms in total. The Kier molecular flexibility index (Phi) is 5.06. The lowest BCUT2D eigenvalue weighted by molar-refractivity contribution is 1.19. The fourth-order valence-corrected chi connectivity index (χ4v) is 7.83. The maximum Gasteiger partial charge on any atom is 0.0635 e. The van der Waals surface area contributed by atoms with Gasteiger partial charge in [0.2, 0.25) is 0 Å². The molecule has 2 aromatic heterocycles. The zero-order valence-corrected chi connectivity index (χ0v) is 23.4. The fraction of sp³-hybridized carbons (Fsp3) is 0. The van der Waals surface area contributed by atoms with Gasteiger partial charge < -0.3 is 4.57 Å². The maximum atomic E-state index is 3.98. The molecule has 0 fully saturated rings. The third-order valence-corrected chi connectivity index (χ3v) is 9.88. The van der Waals surface area contributed by atoms with Crippen LogP contribution < -0.4 is 0 Å². The van der Waals surface area contributed by atoms with E-state index >= 15 is 0 Å². The molecule has 0 unspecified atom stereocenters. The number of halogens is 1. The summed E-state index contributed by atoms with van der Waals surface area (Å²) in [5.41, 5.74) is 7.23. The number of hydrogen-bond acceptors (Lipinski definition) is 1. The van der Waals surface area contributed by atoms with Crippen LogP contribution in [-0.4, -0.2) is 4.57 Å². The Labute approximate surface area is 238 Å². The van der Waals surface area contributed by atoms with Crippen molar-refractivity contribution >= 4 is 86.1 Å². The van der Waals surface area contributed by atoms with Crippen LogP contribution in [0.2, 0.25) is 0 Å². The van der Waals surface area contributed by atoms with E-state index in [2.05, 4.69) is 142 Å². The molecule has 39 heavy (non-hydrogen) atoms. The van der Waals surface area contributed by atoms with Crippen molar-refractivity contribution in [2.75, 3.05) is 0 Å². The summed E-state index contributed by atoms with van der Waals surface area (Å²) in [6, 6.07) is 41.8. The second-order valence-electron chi connectivity index (χ2n) is 9.95. The Bertz CT molecular complexity index is 2240. The van der Waals surface area contributed by atoms with Gasteiger partial charge in [-0.15, -0.1) is 11.3 Å². The largest absolute Gasteiger partial charge is 0.309 e. The molecule has 0 N–H and O–H groups in total. The van der Waals surface area contributed by atoms with Crippen molar-refractivity contribution < 1.29 is 0 Å². The van der Waals surface area contributed by atoms with Gasteiger partial charge in [-0.25, -0.2) is 0 Å². The molecule has 184 valence electrons. The zero-order chi connectivity index (χ0) is 26.1. The molecule has 0 saturated carbocycles. The Hall–Kier alpha value is -4.18. The van der Waals surface area contributed by atoms with Crippen LogP contribution in [0.1, 0.15) is 5.56 Å². The molecule has 0 bridgehead atoms. The summed E-state index contributed by atoms with van der Waals surface area (Å²) >= 11 is 5.85. The lowest BCUT2D eigenvalue weighted by Crippen LogP contribution is -1.94. The van der Waals surface area contributed by atoms with E-state index in [1.807, 2.05) is 17.4 Å². The minimum absolute atomic E-state index is 1.12. The molecule has 0 aliphatic carbocycles. The van der Waals surface area contributed by atoms with Crippen molar-refractivity contribution in [1.82, 2.24) is 4.57 Å². The number of hydrogen-bond donors (Lipinski definition) is 0. The van der Waals surface area contributed by atoms with E-state index in [-0.39, 0.29) is 0 Å². The van der Waals surface area contributed by atoms with Crippen LogP contribution in [0.4, 0.5) is 0 Å². The summed E-state index contributed by atoms with van der Waals surface area (Å²) in [6.07, 6.45) is 1.90. The van der Waals surface area contributed by atoms with Crippen molar-refractivity contribution in [2.24, 2.45) is 0 Å². The van der Waals surface area contributed by atoms with Crippen LogP contribution in [0, 0.1) is 0 Å². The second kappa shape index (κ2) is 8.67. The SMILES string of the molecule is C=Cc1ccc(-n2c3ccc4ccccc4c3c3cc(Br)c4sc5cc(-c6ccccc6)ccc5c4c32)cc1. The molecule has 0 aliphatic rings. The highest BCUT2D eigenvalue weighted by molar-refractivity contribution is 9.10. The molecule has 8 rings (SSSR count). The number of nitrogens with zero attached hydrogens (tertiary/aromatic N) is 1. The van der Waals surface area contributed by atoms with Crippen molar-refractivity contribution in [3.05, 3.63) is 132 Å². The van der Waals surface area contributed by atoms with Crippen molar-refractivity contribution in [1.29, 1.82) is 0 Å². The Morgan fingerprint density at radius 1 is 0.667 bits per heavy atom. The van der Waals surface area contributed by atoms with Gasteiger partial charge in [0.15, 0.2) is 0 Å². The average Bonchev–Trinajstić information content (AvgIpc) is 3.54. The molecule has 0 aliphatic heterocycles. The molecule has 0 spiro atoms. The van der Waals surface area contributed by atoms with Gasteiger partial charge in [0.1, 0.15) is 0 Å². The first-order chi connectivity index (χ1) is 19.2. The quantitative estimate of drug-likeness (QED) is 0.196. The second-order valence-corrected chi connectivity index (χ2v) is 11.9. The van der Waals surface area contributed by atoms with E-state index in [1.54, 1.807) is 0 Å². The minimum Gasteiger partial charge on any atom is -0.309 e. The Morgan fingerprint density at radius 2 is 1.46 bits per heavy atom. The monoisotopic (exact) mass is 579 g/mol. The summed E-state index contributed by atoms with van der Waals surface area (Å²) in [4.78, 5) is 0. The molecule has 8 aromatic rings. The summed E-state index contributed by atoms with van der Waals surface area (Å²) in [7, 11) is 0. The van der Waals surface area contributed by atoms with E-state index in [0.717, 1.165) is 15.7 Å². The fourth-order valence-electron chi connectivity index (χ4n) is 6.01. The van der Waals surface area contributed by atoms with Gasteiger partial charge in [0.05, 0.1) is 15.7 Å². The van der Waals surface area contributed by atoms with E-state index in [9.17, 15) is 0 Å². The maximum absolute atomic E-state index is 3.98. The first-order valence-electron chi connectivity index (χ1n) is 13.0. The van der Waals surface area contributed by atoms with E-state index < -0.39 is 0 Å². The third kappa shape index (κ3) is 3.37. The topological polar surface area (TPSA) is 4.93 Å². The first kappa shape index (κ1) is 22.8. The van der Waals surface area contributed by atoms with Crippen molar-refractivity contribution in [3.8, 4) is 16.8 Å². The lowest BCUT2D eigenvalue weighted by Gasteiger charge is -2.10. The molecule has 0 saturated heterocycles. The highest BCUT2D eigenvalue weighted by atomic mass is 79.9. The number of thiophene rings is 1. The van der Waals surface area contributed by atoms with Gasteiger partial charge in [0.25, 0.3) is 0 Å². The van der Waals surface area contributed by atoms with Crippen LogP contribution in [-0.2, 0) is 0 Å². The van der Waals surface area contributed by atoms with E-state index in [1.165, 1.54) is 63.9 Å². The molecular formula is C36H22BrNS. The third-order valence-electron chi connectivity index (χ3n) is 7.80. The van der Waals surface area contributed by atoms with Gasteiger partial charge >= 0.3 is 0 Å². The number of benzene rings is 6. The van der Waals surface area contributed by atoms with Crippen LogP contribution in [0.15, 0.2) is 126 Å². The number of rotatable bonds is 3. The summed E-state index contributed by atoms with van der Waals surface area (Å²) < 4.78 is 6.17. The standard InChI is InChI=1S/C36H22BrNS/c1-2-22-12-16-26(17-13-22)38-31-19-15-24-10-6-7-11-27(24)33(31)29-21-30(37)36-34(35(29)38)28-18-14-25(20-32(28)39-36)23-8-4-3-5-9-23/h2-21H,1H2. The number of aromatic nitrogens is 1. The summed E-state index contributed by atoms with van der Waals surface area (Å²) in [5, 5.41) is 7.67. The van der Waals surface area contributed by atoms with Crippen molar-refractivity contribution in [2.45, 2.75) is 0 Å². The van der Waals surface area contributed by atoms with Crippen molar-refractivity contribution in [3.63, 3.8) is 0 Å². The molecule has 0 atom stereocenters. The van der Waals surface area contributed by atoms with E-state index in [4.69, 9.17) is 0 Å². The van der Waals surface area contributed by atoms with Gasteiger partial charge in [-0.2, -0.15) is 0 Å². The van der Waals surface area contributed by atoms with Gasteiger partial charge in [-0.05, 0) is 73.7 Å². The highest BCUT2D eigenvalue weighted by Gasteiger charge is 2.21. The Morgan fingerprint density at radius 3 is 2.28 bits per heavy atom. The minimum atomic E-state index is 1.12. The van der Waals surface area contributed by atoms with Gasteiger partial charge in [0, 0.05) is 36.4 Å². The lowest BCUT2D eigenvalue weighted by atomic mass is 10.0.